The number of hydrogen-bond acceptors (Lipinski definition) is 6. The van der Waals surface area contributed by atoms with Gasteiger partial charge < -0.3 is 9.47 Å². The molecule has 7 heteroatoms. The lowest BCUT2D eigenvalue weighted by Gasteiger charge is -2.15. The fourth-order valence-electron chi connectivity index (χ4n) is 3.47. The van der Waals surface area contributed by atoms with Crippen molar-refractivity contribution in [2.45, 2.75) is 33.2 Å². The summed E-state index contributed by atoms with van der Waals surface area (Å²) in [5, 5.41) is 4.79. The first-order valence-corrected chi connectivity index (χ1v) is 10.5. The number of benzene rings is 2. The SMILES string of the molecule is CCOC(=O)c1c(-c2ccccc2)nn2c1N=C(c1ccc(OC)cc1)C2=NC(C)(C)C. The number of esters is 1. The fraction of sp³-hybridized carbons (Fsp3) is 0.280. The molecule has 2 heterocycles. The van der Waals surface area contributed by atoms with Crippen LogP contribution in [-0.2, 0) is 4.74 Å². The van der Waals surface area contributed by atoms with Crippen LogP contribution in [0.3, 0.4) is 0 Å². The molecule has 2 aromatic carbocycles. The molecule has 0 saturated heterocycles. The number of carbonyl (C=O) groups is 1. The van der Waals surface area contributed by atoms with E-state index in [2.05, 4.69) is 0 Å². The number of aliphatic imine (C=N–C) groups is 2. The lowest BCUT2D eigenvalue weighted by atomic mass is 10.1. The molecule has 0 aliphatic carbocycles. The Morgan fingerprint density at radius 1 is 1.03 bits per heavy atom. The third-order valence-electron chi connectivity index (χ3n) is 4.82. The molecule has 1 aliphatic heterocycles. The highest BCUT2D eigenvalue weighted by molar-refractivity contribution is 6.50. The van der Waals surface area contributed by atoms with Gasteiger partial charge in [0.05, 0.1) is 19.3 Å². The van der Waals surface area contributed by atoms with Crippen molar-refractivity contribution in [1.29, 1.82) is 0 Å². The van der Waals surface area contributed by atoms with E-state index in [0.717, 1.165) is 16.9 Å². The maximum absolute atomic E-state index is 13.0. The summed E-state index contributed by atoms with van der Waals surface area (Å²) in [6, 6.07) is 17.1. The molecule has 32 heavy (non-hydrogen) atoms. The maximum Gasteiger partial charge on any atom is 0.344 e. The van der Waals surface area contributed by atoms with Crippen molar-refractivity contribution in [1.82, 2.24) is 9.78 Å². The molecule has 0 spiro atoms. The zero-order valence-corrected chi connectivity index (χ0v) is 18.9. The molecule has 3 aromatic rings. The smallest absolute Gasteiger partial charge is 0.344 e. The van der Waals surface area contributed by atoms with Gasteiger partial charge in [-0.2, -0.15) is 9.78 Å². The fourth-order valence-corrected chi connectivity index (χ4v) is 3.47. The normalized spacial score (nSPS) is 14.3. The van der Waals surface area contributed by atoms with Crippen molar-refractivity contribution in [3.8, 4) is 17.0 Å². The van der Waals surface area contributed by atoms with E-state index in [1.165, 1.54) is 0 Å². The van der Waals surface area contributed by atoms with Crippen LogP contribution in [0.25, 0.3) is 11.3 Å². The molecule has 0 radical (unpaired) electrons. The Balaban J connectivity index is 1.95. The van der Waals surface area contributed by atoms with Crippen LogP contribution in [0, 0.1) is 0 Å². The van der Waals surface area contributed by atoms with Crippen molar-refractivity contribution in [3.05, 3.63) is 65.7 Å². The summed E-state index contributed by atoms with van der Waals surface area (Å²) in [6.07, 6.45) is 0. The van der Waals surface area contributed by atoms with Crippen LogP contribution in [0.2, 0.25) is 0 Å². The van der Waals surface area contributed by atoms with Crippen molar-refractivity contribution >= 4 is 23.3 Å². The van der Waals surface area contributed by atoms with Gasteiger partial charge in [-0.3, -0.25) is 4.99 Å². The van der Waals surface area contributed by atoms with Gasteiger partial charge in [0.25, 0.3) is 0 Å². The molecule has 0 amide bonds. The molecule has 0 saturated carbocycles. The second kappa shape index (κ2) is 8.42. The highest BCUT2D eigenvalue weighted by Gasteiger charge is 2.35. The number of methoxy groups -OCH3 is 1. The van der Waals surface area contributed by atoms with E-state index in [1.54, 1.807) is 18.7 Å². The number of ether oxygens (including phenoxy) is 2. The Bertz CT molecular complexity index is 1200. The average molecular weight is 431 g/mol. The van der Waals surface area contributed by atoms with Crippen LogP contribution in [0.1, 0.15) is 43.6 Å². The number of carbonyl (C=O) groups excluding carboxylic acids is 1. The van der Waals surface area contributed by atoms with Gasteiger partial charge in [-0.1, -0.05) is 30.3 Å². The van der Waals surface area contributed by atoms with Gasteiger partial charge in [0, 0.05) is 11.1 Å². The van der Waals surface area contributed by atoms with E-state index in [1.807, 2.05) is 75.4 Å². The molecular weight excluding hydrogens is 404 g/mol. The van der Waals surface area contributed by atoms with E-state index in [4.69, 9.17) is 24.6 Å². The molecule has 0 unspecified atom stereocenters. The van der Waals surface area contributed by atoms with Crippen LogP contribution in [0.4, 0.5) is 5.82 Å². The Labute approximate surface area is 187 Å². The first kappa shape index (κ1) is 21.5. The summed E-state index contributed by atoms with van der Waals surface area (Å²) in [7, 11) is 1.63. The largest absolute Gasteiger partial charge is 0.497 e. The monoisotopic (exact) mass is 430 g/mol. The molecule has 1 aromatic heterocycles. The van der Waals surface area contributed by atoms with Gasteiger partial charge in [0.15, 0.2) is 11.7 Å². The van der Waals surface area contributed by atoms with Crippen molar-refractivity contribution in [2.75, 3.05) is 13.7 Å². The maximum atomic E-state index is 13.0. The van der Waals surface area contributed by atoms with Gasteiger partial charge >= 0.3 is 5.97 Å². The number of rotatable bonds is 5. The highest BCUT2D eigenvalue weighted by atomic mass is 16.5. The van der Waals surface area contributed by atoms with E-state index >= 15 is 0 Å². The number of hydrogen-bond donors (Lipinski definition) is 0. The number of aromatic nitrogens is 2. The number of fused-ring (bicyclic) bond motifs is 1. The quantitative estimate of drug-likeness (QED) is 0.539. The van der Waals surface area contributed by atoms with Crippen molar-refractivity contribution in [3.63, 3.8) is 0 Å². The van der Waals surface area contributed by atoms with Gasteiger partial charge in [0.2, 0.25) is 0 Å². The molecule has 1 aliphatic rings. The van der Waals surface area contributed by atoms with Gasteiger partial charge in [-0.25, -0.2) is 9.79 Å². The van der Waals surface area contributed by atoms with E-state index in [9.17, 15) is 4.79 Å². The summed E-state index contributed by atoms with van der Waals surface area (Å²) in [5.74, 6) is 1.31. The Kier molecular flexibility index (Phi) is 5.65. The first-order chi connectivity index (χ1) is 15.3. The average Bonchev–Trinajstić information content (AvgIpc) is 3.30. The molecule has 0 bridgehead atoms. The van der Waals surface area contributed by atoms with Crippen LogP contribution in [0.5, 0.6) is 5.75 Å². The predicted molar refractivity (Wildman–Crippen MR) is 125 cm³/mol. The highest BCUT2D eigenvalue weighted by Crippen LogP contribution is 2.36. The van der Waals surface area contributed by atoms with Crippen LogP contribution in [0.15, 0.2) is 64.6 Å². The van der Waals surface area contributed by atoms with Crippen LogP contribution >= 0.6 is 0 Å². The zero-order valence-electron chi connectivity index (χ0n) is 18.9. The van der Waals surface area contributed by atoms with Gasteiger partial charge in [-0.05, 0) is 52.0 Å². The minimum absolute atomic E-state index is 0.260. The molecule has 0 N–H and O–H groups in total. The molecule has 4 rings (SSSR count). The molecule has 0 fully saturated rings. The van der Waals surface area contributed by atoms with E-state index < -0.39 is 5.97 Å². The Morgan fingerprint density at radius 2 is 1.72 bits per heavy atom. The Hall–Kier alpha value is -3.74. The van der Waals surface area contributed by atoms with E-state index in [-0.39, 0.29) is 12.1 Å². The predicted octanol–water partition coefficient (Wildman–Crippen LogP) is 4.91. The van der Waals surface area contributed by atoms with E-state index in [0.29, 0.717) is 28.6 Å². The molecule has 7 nitrogen and oxygen atoms in total. The lowest BCUT2D eigenvalue weighted by molar-refractivity contribution is 0.0528. The standard InChI is InChI=1S/C25H26N4O3/c1-6-32-24(30)19-20(16-10-8-7-9-11-16)28-29-22(19)26-21(23(29)27-25(2,3)4)17-12-14-18(31-5)15-13-17/h7-15H,6H2,1-5H3. The summed E-state index contributed by atoms with van der Waals surface area (Å²) in [6.45, 7) is 8.07. The molecule has 0 atom stereocenters. The third kappa shape index (κ3) is 4.06. The Morgan fingerprint density at radius 3 is 2.31 bits per heavy atom. The number of nitrogens with zero attached hydrogens (tertiary/aromatic N) is 4. The van der Waals surface area contributed by atoms with Gasteiger partial charge in [-0.15, -0.1) is 0 Å². The molecular formula is C25H26N4O3. The van der Waals surface area contributed by atoms with Crippen LogP contribution in [-0.4, -0.2) is 46.6 Å². The van der Waals surface area contributed by atoms with Gasteiger partial charge in [0.1, 0.15) is 22.7 Å². The topological polar surface area (TPSA) is 78.1 Å². The molecule has 164 valence electrons. The lowest BCUT2D eigenvalue weighted by Crippen LogP contribution is -2.25. The zero-order chi connectivity index (χ0) is 22.9. The van der Waals surface area contributed by atoms with Crippen LogP contribution < -0.4 is 4.74 Å². The minimum atomic E-state index is -0.456. The second-order valence-corrected chi connectivity index (χ2v) is 8.34. The van der Waals surface area contributed by atoms with Crippen molar-refractivity contribution < 1.29 is 14.3 Å². The second-order valence-electron chi connectivity index (χ2n) is 8.34. The van der Waals surface area contributed by atoms with Crippen molar-refractivity contribution in [2.24, 2.45) is 9.98 Å². The first-order valence-electron chi connectivity index (χ1n) is 10.5. The summed E-state index contributed by atoms with van der Waals surface area (Å²) >= 11 is 0. The minimum Gasteiger partial charge on any atom is -0.497 e. The summed E-state index contributed by atoms with van der Waals surface area (Å²) < 4.78 is 12.3. The summed E-state index contributed by atoms with van der Waals surface area (Å²) in [5.41, 5.74) is 2.80. The third-order valence-corrected chi connectivity index (χ3v) is 4.82. The summed E-state index contributed by atoms with van der Waals surface area (Å²) in [4.78, 5) is 22.7.